The smallest absolute Gasteiger partial charge is 0.120 e. The molecule has 3 unspecified atom stereocenters. The van der Waals surface area contributed by atoms with Crippen LogP contribution in [0.2, 0.25) is 0 Å². The van der Waals surface area contributed by atoms with Gasteiger partial charge in [-0.2, -0.15) is 0 Å². The fourth-order valence-electron chi connectivity index (χ4n) is 2.48. The standard InChI is InChI=1S/C13H21NO/c1-9-5-4-6-12(9)14-11(3)13-8-7-10(2)15-13/h7-9,11-12,14H,4-6H2,1-3H3. The summed E-state index contributed by atoms with van der Waals surface area (Å²) in [5.74, 6) is 2.87. The van der Waals surface area contributed by atoms with Crippen molar-refractivity contribution < 1.29 is 4.42 Å². The molecular formula is C13H21NO. The first-order valence-corrected chi connectivity index (χ1v) is 5.99. The van der Waals surface area contributed by atoms with Crippen LogP contribution in [0.3, 0.4) is 0 Å². The minimum Gasteiger partial charge on any atom is -0.465 e. The van der Waals surface area contributed by atoms with Crippen LogP contribution >= 0.6 is 0 Å². The van der Waals surface area contributed by atoms with E-state index in [9.17, 15) is 0 Å². The molecular weight excluding hydrogens is 186 g/mol. The highest BCUT2D eigenvalue weighted by atomic mass is 16.3. The number of nitrogens with one attached hydrogen (secondary N) is 1. The Bertz CT molecular complexity index is 318. The number of rotatable bonds is 3. The van der Waals surface area contributed by atoms with E-state index < -0.39 is 0 Å². The molecule has 1 N–H and O–H groups in total. The molecule has 0 bridgehead atoms. The van der Waals surface area contributed by atoms with Crippen molar-refractivity contribution in [3.8, 4) is 0 Å². The average Bonchev–Trinajstić information content (AvgIpc) is 2.77. The third-order valence-electron chi connectivity index (χ3n) is 3.51. The van der Waals surface area contributed by atoms with Crippen LogP contribution < -0.4 is 5.32 Å². The molecule has 1 heterocycles. The number of hydrogen-bond acceptors (Lipinski definition) is 2. The molecule has 1 aliphatic rings. The molecule has 3 atom stereocenters. The summed E-state index contributed by atoms with van der Waals surface area (Å²) in [4.78, 5) is 0. The third-order valence-corrected chi connectivity index (χ3v) is 3.51. The van der Waals surface area contributed by atoms with Crippen molar-refractivity contribution in [1.82, 2.24) is 5.32 Å². The van der Waals surface area contributed by atoms with E-state index in [2.05, 4.69) is 25.2 Å². The van der Waals surface area contributed by atoms with Gasteiger partial charge in [0.25, 0.3) is 0 Å². The van der Waals surface area contributed by atoms with Crippen molar-refractivity contribution in [3.05, 3.63) is 23.7 Å². The molecule has 0 radical (unpaired) electrons. The van der Waals surface area contributed by atoms with E-state index in [0.717, 1.165) is 17.4 Å². The molecule has 2 heteroatoms. The quantitative estimate of drug-likeness (QED) is 0.821. The summed E-state index contributed by atoms with van der Waals surface area (Å²) in [6.07, 6.45) is 4.04. The van der Waals surface area contributed by atoms with Crippen LogP contribution in [0.15, 0.2) is 16.5 Å². The predicted octanol–water partition coefficient (Wildman–Crippen LogP) is 3.43. The normalized spacial score (nSPS) is 28.2. The van der Waals surface area contributed by atoms with Crippen molar-refractivity contribution >= 4 is 0 Å². The van der Waals surface area contributed by atoms with Gasteiger partial charge in [0.1, 0.15) is 11.5 Å². The molecule has 2 rings (SSSR count). The lowest BCUT2D eigenvalue weighted by molar-refractivity contribution is 0.346. The molecule has 2 nitrogen and oxygen atoms in total. The zero-order valence-electron chi connectivity index (χ0n) is 9.92. The SMILES string of the molecule is Cc1ccc(C(C)NC2CCCC2C)o1. The van der Waals surface area contributed by atoms with Crippen molar-refractivity contribution in [1.29, 1.82) is 0 Å². The summed E-state index contributed by atoms with van der Waals surface area (Å²) in [6, 6.07) is 5.12. The Labute approximate surface area is 92.1 Å². The minimum atomic E-state index is 0.337. The molecule has 0 spiro atoms. The molecule has 0 aliphatic heterocycles. The first kappa shape index (κ1) is 10.7. The lowest BCUT2D eigenvalue weighted by Crippen LogP contribution is -2.33. The van der Waals surface area contributed by atoms with Gasteiger partial charge in [-0.1, -0.05) is 13.3 Å². The van der Waals surface area contributed by atoms with Gasteiger partial charge in [0.15, 0.2) is 0 Å². The maximum Gasteiger partial charge on any atom is 0.120 e. The summed E-state index contributed by atoms with van der Waals surface area (Å²) in [5.41, 5.74) is 0. The van der Waals surface area contributed by atoms with Crippen molar-refractivity contribution in [3.63, 3.8) is 0 Å². The van der Waals surface area contributed by atoms with E-state index >= 15 is 0 Å². The Morgan fingerprint density at radius 1 is 1.40 bits per heavy atom. The molecule has 1 aliphatic carbocycles. The second kappa shape index (κ2) is 4.40. The van der Waals surface area contributed by atoms with E-state index in [1.807, 2.05) is 13.0 Å². The first-order chi connectivity index (χ1) is 7.16. The fourth-order valence-corrected chi connectivity index (χ4v) is 2.48. The van der Waals surface area contributed by atoms with Crippen molar-refractivity contribution in [2.45, 2.75) is 52.1 Å². The highest BCUT2D eigenvalue weighted by Gasteiger charge is 2.25. The molecule has 84 valence electrons. The van der Waals surface area contributed by atoms with Gasteiger partial charge >= 0.3 is 0 Å². The summed E-state index contributed by atoms with van der Waals surface area (Å²) in [7, 11) is 0. The van der Waals surface area contributed by atoms with Crippen LogP contribution in [0.25, 0.3) is 0 Å². The van der Waals surface area contributed by atoms with Crippen LogP contribution in [0, 0.1) is 12.8 Å². The second-order valence-corrected chi connectivity index (χ2v) is 4.85. The Morgan fingerprint density at radius 2 is 2.20 bits per heavy atom. The number of aryl methyl sites for hydroxylation is 1. The zero-order valence-corrected chi connectivity index (χ0v) is 9.92. The van der Waals surface area contributed by atoms with Crippen LogP contribution in [0.1, 0.15) is 50.7 Å². The van der Waals surface area contributed by atoms with Gasteiger partial charge in [0.2, 0.25) is 0 Å². The number of hydrogen-bond donors (Lipinski definition) is 1. The Morgan fingerprint density at radius 3 is 2.73 bits per heavy atom. The highest BCUT2D eigenvalue weighted by molar-refractivity contribution is 5.09. The molecule has 1 saturated carbocycles. The average molecular weight is 207 g/mol. The topological polar surface area (TPSA) is 25.2 Å². The molecule has 0 saturated heterocycles. The fraction of sp³-hybridized carbons (Fsp3) is 0.692. The van der Waals surface area contributed by atoms with Crippen LogP contribution in [0.5, 0.6) is 0 Å². The van der Waals surface area contributed by atoms with Crippen molar-refractivity contribution in [2.24, 2.45) is 5.92 Å². The lowest BCUT2D eigenvalue weighted by Gasteiger charge is -2.21. The molecule has 1 aromatic heterocycles. The number of furan rings is 1. The Kier molecular flexibility index (Phi) is 3.15. The summed E-state index contributed by atoms with van der Waals surface area (Å²) in [5, 5.41) is 3.66. The Hall–Kier alpha value is -0.760. The van der Waals surface area contributed by atoms with E-state index in [0.29, 0.717) is 12.1 Å². The lowest BCUT2D eigenvalue weighted by atomic mass is 10.1. The zero-order chi connectivity index (χ0) is 10.8. The maximum absolute atomic E-state index is 5.63. The monoisotopic (exact) mass is 207 g/mol. The van der Waals surface area contributed by atoms with Gasteiger partial charge in [-0.15, -0.1) is 0 Å². The van der Waals surface area contributed by atoms with E-state index in [4.69, 9.17) is 4.42 Å². The van der Waals surface area contributed by atoms with E-state index in [1.54, 1.807) is 0 Å². The minimum absolute atomic E-state index is 0.337. The van der Waals surface area contributed by atoms with Gasteiger partial charge < -0.3 is 9.73 Å². The molecule has 15 heavy (non-hydrogen) atoms. The maximum atomic E-state index is 5.63. The van der Waals surface area contributed by atoms with Gasteiger partial charge in [-0.05, 0) is 44.7 Å². The van der Waals surface area contributed by atoms with Gasteiger partial charge in [-0.25, -0.2) is 0 Å². The summed E-state index contributed by atoms with van der Waals surface area (Å²) in [6.45, 7) is 6.52. The van der Waals surface area contributed by atoms with Crippen molar-refractivity contribution in [2.75, 3.05) is 0 Å². The van der Waals surface area contributed by atoms with Gasteiger partial charge in [0, 0.05) is 6.04 Å². The summed E-state index contributed by atoms with van der Waals surface area (Å²) >= 11 is 0. The van der Waals surface area contributed by atoms with E-state index in [-0.39, 0.29) is 0 Å². The third kappa shape index (κ3) is 2.43. The Balaban J connectivity index is 1.94. The van der Waals surface area contributed by atoms with Crippen LogP contribution in [0.4, 0.5) is 0 Å². The first-order valence-electron chi connectivity index (χ1n) is 5.99. The van der Waals surface area contributed by atoms with Gasteiger partial charge in [0.05, 0.1) is 6.04 Å². The van der Waals surface area contributed by atoms with Crippen LogP contribution in [-0.4, -0.2) is 6.04 Å². The van der Waals surface area contributed by atoms with Gasteiger partial charge in [-0.3, -0.25) is 0 Å². The largest absolute Gasteiger partial charge is 0.465 e. The predicted molar refractivity (Wildman–Crippen MR) is 61.8 cm³/mol. The van der Waals surface area contributed by atoms with E-state index in [1.165, 1.54) is 19.3 Å². The molecule has 1 fully saturated rings. The second-order valence-electron chi connectivity index (χ2n) is 4.85. The molecule has 0 aromatic carbocycles. The molecule has 1 aromatic rings. The highest BCUT2D eigenvalue weighted by Crippen LogP contribution is 2.27. The molecule has 0 amide bonds. The van der Waals surface area contributed by atoms with Crippen LogP contribution in [-0.2, 0) is 0 Å². The summed E-state index contributed by atoms with van der Waals surface area (Å²) < 4.78 is 5.63.